The predicted molar refractivity (Wildman–Crippen MR) is 289 cm³/mol. The molecule has 0 bridgehead atoms. The van der Waals surface area contributed by atoms with Crippen molar-refractivity contribution in [3.05, 3.63) is 127 Å². The summed E-state index contributed by atoms with van der Waals surface area (Å²) in [7, 11) is -0.0146. The molecule has 0 aromatic heterocycles. The SMILES string of the molecule is CC(C)(C)C.CC(C)(C)C.CC(C)(C)CCCC(CC(=O)O)C(=O)[O-].CC(C)(C)CCCNC(=O)CCCO.CC(C)(C)c1ccccc1.c1ccc([S+](c2ccccc2)c2ccccc2)cc1. The van der Waals surface area contributed by atoms with Crippen LogP contribution in [0.3, 0.4) is 0 Å². The van der Waals surface area contributed by atoms with Crippen LogP contribution < -0.4 is 10.4 Å². The van der Waals surface area contributed by atoms with Crippen molar-refractivity contribution in [3.63, 3.8) is 0 Å². The molecule has 1 unspecified atom stereocenters. The number of rotatable bonds is 15. The van der Waals surface area contributed by atoms with E-state index in [0.717, 1.165) is 32.2 Å². The Morgan fingerprint density at radius 1 is 0.544 bits per heavy atom. The Balaban J connectivity index is 0. The van der Waals surface area contributed by atoms with Crippen LogP contribution >= 0.6 is 0 Å². The molecular formula is C60H95NO6S. The Labute approximate surface area is 418 Å². The molecule has 3 N–H and O–H groups in total. The van der Waals surface area contributed by atoms with Crippen LogP contribution in [0.1, 0.15) is 175 Å². The van der Waals surface area contributed by atoms with E-state index in [-0.39, 0.29) is 35.2 Å². The van der Waals surface area contributed by atoms with Crippen molar-refractivity contribution in [2.24, 2.45) is 27.6 Å². The minimum atomic E-state index is -1.26. The fourth-order valence-electron chi connectivity index (χ4n) is 5.58. The highest BCUT2D eigenvalue weighted by Crippen LogP contribution is 2.30. The lowest BCUT2D eigenvalue weighted by atomic mass is 9.87. The Kier molecular flexibility index (Phi) is 32.8. The van der Waals surface area contributed by atoms with Crippen molar-refractivity contribution in [3.8, 4) is 0 Å². The van der Waals surface area contributed by atoms with Crippen molar-refractivity contribution in [2.45, 2.75) is 189 Å². The quantitative estimate of drug-likeness (QED) is 0.0805. The molecule has 0 saturated carbocycles. The number of aliphatic carboxylic acids is 2. The van der Waals surface area contributed by atoms with Crippen LogP contribution in [-0.4, -0.2) is 41.2 Å². The van der Waals surface area contributed by atoms with Crippen LogP contribution in [0.15, 0.2) is 136 Å². The van der Waals surface area contributed by atoms with Gasteiger partial charge in [0.25, 0.3) is 0 Å². The molecule has 7 nitrogen and oxygen atoms in total. The van der Waals surface area contributed by atoms with Gasteiger partial charge >= 0.3 is 5.97 Å². The molecule has 382 valence electrons. The number of carboxylic acid groups (broad SMARTS) is 2. The molecule has 4 rings (SSSR count). The van der Waals surface area contributed by atoms with E-state index in [4.69, 9.17) is 10.2 Å². The summed E-state index contributed by atoms with van der Waals surface area (Å²) >= 11 is 0. The highest BCUT2D eigenvalue weighted by atomic mass is 32.2. The first-order valence-corrected chi connectivity index (χ1v) is 25.7. The van der Waals surface area contributed by atoms with Gasteiger partial charge in [0.2, 0.25) is 5.91 Å². The highest BCUT2D eigenvalue weighted by molar-refractivity contribution is 7.97. The number of hydrogen-bond acceptors (Lipinski definition) is 5. The third kappa shape index (κ3) is 42.9. The number of nitrogens with one attached hydrogen (secondary N) is 1. The molecule has 1 atom stereocenters. The molecule has 0 spiro atoms. The molecule has 0 aliphatic carbocycles. The van der Waals surface area contributed by atoms with Gasteiger partial charge in [-0.3, -0.25) is 9.59 Å². The predicted octanol–water partition coefficient (Wildman–Crippen LogP) is 14.6. The topological polar surface area (TPSA) is 127 Å². The summed E-state index contributed by atoms with van der Waals surface area (Å²) in [6, 6.07) is 42.7. The molecule has 0 saturated heterocycles. The van der Waals surface area contributed by atoms with Gasteiger partial charge in [-0.2, -0.15) is 0 Å². The number of amides is 1. The maximum atomic E-state index is 11.1. The number of benzene rings is 4. The van der Waals surface area contributed by atoms with Gasteiger partial charge in [-0.15, -0.1) is 0 Å². The molecular weight excluding hydrogens is 863 g/mol. The van der Waals surface area contributed by atoms with Gasteiger partial charge in [-0.25, -0.2) is 0 Å². The molecule has 0 aliphatic heterocycles. The van der Waals surface area contributed by atoms with Crippen molar-refractivity contribution in [2.75, 3.05) is 13.2 Å². The van der Waals surface area contributed by atoms with Crippen LogP contribution in [0.25, 0.3) is 0 Å². The first kappa shape index (κ1) is 65.7. The molecule has 4 aromatic rings. The number of carboxylic acids is 2. The van der Waals surface area contributed by atoms with Crippen LogP contribution in [0.4, 0.5) is 0 Å². The van der Waals surface area contributed by atoms with Gasteiger partial charge < -0.3 is 25.4 Å². The lowest BCUT2D eigenvalue weighted by Gasteiger charge is -2.20. The molecule has 0 aliphatic rings. The zero-order valence-corrected chi connectivity index (χ0v) is 46.4. The Hall–Kier alpha value is -4.40. The second-order valence-electron chi connectivity index (χ2n) is 23.8. The van der Waals surface area contributed by atoms with Crippen LogP contribution in [-0.2, 0) is 30.7 Å². The number of aliphatic hydroxyl groups is 1. The zero-order chi connectivity index (χ0) is 52.6. The van der Waals surface area contributed by atoms with Gasteiger partial charge in [-0.1, -0.05) is 209 Å². The number of aliphatic hydroxyl groups excluding tert-OH is 1. The zero-order valence-electron chi connectivity index (χ0n) is 45.6. The van der Waals surface area contributed by atoms with Crippen molar-refractivity contribution in [1.29, 1.82) is 0 Å². The number of hydrogen-bond donors (Lipinski definition) is 3. The minimum absolute atomic E-state index is 0.0146. The standard InChI is InChI=1S/C18H15S.C11H23NO2.C11H20O4.C10H14.2C5H12/c1-4-10-16(11-5-1)19(17-12-6-2-7-13-17)18-14-8-3-9-15-18;1-11(2,3)7-5-8-12-10(14)6-4-9-13;1-11(2,3)6-4-5-8(10(14)15)7-9(12)13;1-10(2,3)9-7-5-4-6-8-9;2*1-5(2,3)4/h1-15H;13H,4-9H2,1-3H3,(H,12,14);8H,4-7H2,1-3H3,(H,12,13)(H,14,15);4-8H,1-3H3;2*1-4H3/q+1;;;;;/p-1. The average Bonchev–Trinajstić information content (AvgIpc) is 3.21. The summed E-state index contributed by atoms with van der Waals surface area (Å²) < 4.78 is 0. The summed E-state index contributed by atoms with van der Waals surface area (Å²) in [6.45, 7) is 37.8. The second kappa shape index (κ2) is 34.0. The summed E-state index contributed by atoms with van der Waals surface area (Å²) in [5, 5.41) is 30.5. The molecule has 0 radical (unpaired) electrons. The van der Waals surface area contributed by atoms with E-state index in [0.29, 0.717) is 40.9 Å². The summed E-state index contributed by atoms with van der Waals surface area (Å²) in [6.07, 6.45) is 4.78. The molecule has 0 fully saturated rings. The van der Waals surface area contributed by atoms with E-state index >= 15 is 0 Å². The van der Waals surface area contributed by atoms with E-state index in [1.807, 2.05) is 0 Å². The summed E-state index contributed by atoms with van der Waals surface area (Å²) in [4.78, 5) is 36.2. The van der Waals surface area contributed by atoms with E-state index in [1.165, 1.54) is 20.2 Å². The largest absolute Gasteiger partial charge is 0.550 e. The van der Waals surface area contributed by atoms with Gasteiger partial charge in [0.1, 0.15) is 0 Å². The smallest absolute Gasteiger partial charge is 0.304 e. The van der Waals surface area contributed by atoms with Gasteiger partial charge in [0.05, 0.1) is 17.3 Å². The fourth-order valence-corrected chi connectivity index (χ4v) is 7.69. The minimum Gasteiger partial charge on any atom is -0.550 e. The fraction of sp³-hybridized carbons (Fsp3) is 0.550. The Morgan fingerprint density at radius 3 is 1.16 bits per heavy atom. The maximum absolute atomic E-state index is 11.1. The first-order chi connectivity index (χ1) is 31.2. The monoisotopic (exact) mass is 958 g/mol. The van der Waals surface area contributed by atoms with Crippen molar-refractivity contribution in [1.82, 2.24) is 5.32 Å². The molecule has 4 aromatic carbocycles. The average molecular weight is 958 g/mol. The first-order valence-electron chi connectivity index (χ1n) is 24.5. The number of carbonyl (C=O) groups excluding carboxylic acids is 2. The van der Waals surface area contributed by atoms with Crippen LogP contribution in [0.5, 0.6) is 0 Å². The number of carbonyl (C=O) groups is 3. The van der Waals surface area contributed by atoms with Crippen molar-refractivity contribution >= 4 is 28.7 Å². The van der Waals surface area contributed by atoms with Crippen LogP contribution in [0.2, 0.25) is 0 Å². The van der Waals surface area contributed by atoms with E-state index in [9.17, 15) is 19.5 Å². The van der Waals surface area contributed by atoms with E-state index < -0.39 is 17.9 Å². The lowest BCUT2D eigenvalue weighted by molar-refractivity contribution is -0.312. The maximum Gasteiger partial charge on any atom is 0.304 e. The van der Waals surface area contributed by atoms with Gasteiger partial charge in [0.15, 0.2) is 14.7 Å². The molecule has 68 heavy (non-hydrogen) atoms. The van der Waals surface area contributed by atoms with Crippen molar-refractivity contribution < 1.29 is 29.7 Å². The lowest BCUT2D eigenvalue weighted by Crippen LogP contribution is -2.32. The Bertz CT molecular complexity index is 1750. The third-order valence-corrected chi connectivity index (χ3v) is 11.0. The van der Waals surface area contributed by atoms with Crippen LogP contribution in [0, 0.1) is 27.6 Å². The Morgan fingerprint density at radius 2 is 0.882 bits per heavy atom. The molecule has 1 amide bonds. The van der Waals surface area contributed by atoms with E-state index in [1.54, 1.807) is 0 Å². The summed E-state index contributed by atoms with van der Waals surface area (Å²) in [5.41, 5.74) is 3.19. The summed E-state index contributed by atoms with van der Waals surface area (Å²) in [5.74, 6) is -3.15. The molecule has 0 heterocycles. The van der Waals surface area contributed by atoms with Gasteiger partial charge in [-0.05, 0) is 101 Å². The highest BCUT2D eigenvalue weighted by Gasteiger charge is 2.27. The van der Waals surface area contributed by atoms with Gasteiger partial charge in [0, 0.05) is 31.5 Å². The molecule has 8 heteroatoms. The van der Waals surface area contributed by atoms with E-state index in [2.05, 4.69) is 244 Å². The third-order valence-electron chi connectivity index (χ3n) is 8.80. The second-order valence-corrected chi connectivity index (χ2v) is 25.8. The normalized spacial score (nSPS) is 11.8.